The van der Waals surface area contributed by atoms with Crippen LogP contribution in [0.2, 0.25) is 0 Å². The van der Waals surface area contributed by atoms with E-state index in [9.17, 15) is 26.4 Å². The second kappa shape index (κ2) is 7.68. The minimum Gasteiger partial charge on any atom is -0.346 e. The van der Waals surface area contributed by atoms with Gasteiger partial charge in [-0.1, -0.05) is 12.1 Å². The van der Waals surface area contributed by atoms with E-state index in [1.165, 1.54) is 44.4 Å². The number of carbonyl (C=O) groups is 2. The largest absolute Gasteiger partial charge is 0.346 e. The molecule has 0 saturated heterocycles. The molecule has 2 aromatic carbocycles. The number of fused-ring (bicyclic) bond motifs is 1. The summed E-state index contributed by atoms with van der Waals surface area (Å²) >= 11 is 0. The lowest BCUT2D eigenvalue weighted by Crippen LogP contribution is -2.32. The van der Waals surface area contributed by atoms with E-state index in [2.05, 4.69) is 5.32 Å². The average Bonchev–Trinajstić information content (AvgIpc) is 3.54. The molecule has 0 spiro atoms. The van der Waals surface area contributed by atoms with E-state index in [0.29, 0.717) is 18.4 Å². The van der Waals surface area contributed by atoms with Crippen LogP contribution in [-0.4, -0.2) is 57.4 Å². The van der Waals surface area contributed by atoms with Crippen molar-refractivity contribution in [1.29, 1.82) is 0 Å². The second-order valence-corrected chi connectivity index (χ2v) is 12.0. The molecule has 1 fully saturated rings. The second-order valence-electron chi connectivity index (χ2n) is 8.10. The molecule has 1 aliphatic heterocycles. The maximum absolute atomic E-state index is 12.8. The van der Waals surface area contributed by atoms with Gasteiger partial charge in [-0.2, -0.15) is 0 Å². The van der Waals surface area contributed by atoms with Crippen LogP contribution in [0.4, 0.5) is 0 Å². The summed E-state index contributed by atoms with van der Waals surface area (Å²) < 4.78 is 52.0. The van der Waals surface area contributed by atoms with Gasteiger partial charge in [-0.3, -0.25) is 9.59 Å². The van der Waals surface area contributed by atoms with Crippen LogP contribution in [0.25, 0.3) is 0 Å². The van der Waals surface area contributed by atoms with Crippen molar-refractivity contribution in [2.45, 2.75) is 41.6 Å². The molecule has 1 heterocycles. The number of benzene rings is 2. The van der Waals surface area contributed by atoms with Gasteiger partial charge in [0.15, 0.2) is 0 Å². The van der Waals surface area contributed by atoms with Crippen molar-refractivity contribution in [3.05, 3.63) is 59.2 Å². The number of nitrogens with one attached hydrogen (secondary N) is 1. The highest BCUT2D eigenvalue weighted by molar-refractivity contribution is 7.90. The molecule has 0 bridgehead atoms. The Labute approximate surface area is 187 Å². The van der Waals surface area contributed by atoms with Crippen molar-refractivity contribution in [1.82, 2.24) is 13.9 Å². The third-order valence-corrected chi connectivity index (χ3v) is 9.30. The molecule has 170 valence electrons. The Kier molecular flexibility index (Phi) is 5.38. The molecule has 32 heavy (non-hydrogen) atoms. The van der Waals surface area contributed by atoms with E-state index in [1.54, 1.807) is 19.1 Å². The summed E-state index contributed by atoms with van der Waals surface area (Å²) in [5, 5.41) is 2.78. The first kappa shape index (κ1) is 22.4. The van der Waals surface area contributed by atoms with Gasteiger partial charge in [0.1, 0.15) is 4.90 Å². The Bertz CT molecular complexity index is 1310. The number of amides is 2. The molecule has 2 amide bonds. The Hall–Kier alpha value is -2.76. The first-order chi connectivity index (χ1) is 14.9. The molecule has 1 unspecified atom stereocenters. The average molecular weight is 478 g/mol. The summed E-state index contributed by atoms with van der Waals surface area (Å²) in [5.74, 6) is -1.05. The van der Waals surface area contributed by atoms with Crippen molar-refractivity contribution in [2.24, 2.45) is 0 Å². The summed E-state index contributed by atoms with van der Waals surface area (Å²) in [5.41, 5.74) is 0.885. The zero-order valence-electron chi connectivity index (χ0n) is 17.8. The SMILES string of the molecule is CC(NC(=O)c1ccc2c(c1)S(=O)(=O)N(C1CC1)C2=O)c1ccc(S(=O)(=O)N(C)C)cc1. The van der Waals surface area contributed by atoms with Gasteiger partial charge >= 0.3 is 0 Å². The van der Waals surface area contributed by atoms with E-state index in [-0.39, 0.29) is 27.0 Å². The molecule has 2 aromatic rings. The van der Waals surface area contributed by atoms with Gasteiger partial charge in [-0.15, -0.1) is 0 Å². The van der Waals surface area contributed by atoms with Gasteiger partial charge in [0, 0.05) is 25.7 Å². The molecule has 0 aromatic heterocycles. The number of hydrogen-bond donors (Lipinski definition) is 1. The summed E-state index contributed by atoms with van der Waals surface area (Å²) in [6.45, 7) is 1.73. The standard InChI is InChI=1S/C21H23N3O6S2/c1-13(14-4-9-17(10-5-14)31(27,28)23(2)3)22-20(25)15-6-11-18-19(12-15)32(29,30)24(21(18)26)16-7-8-16/h4-6,9-13,16H,7-8H2,1-3H3,(H,22,25). The van der Waals surface area contributed by atoms with Crippen molar-refractivity contribution < 1.29 is 26.4 Å². The van der Waals surface area contributed by atoms with Gasteiger partial charge in [0.25, 0.3) is 21.8 Å². The highest BCUT2D eigenvalue weighted by Crippen LogP contribution is 2.39. The quantitative estimate of drug-likeness (QED) is 0.676. The van der Waals surface area contributed by atoms with Crippen LogP contribution in [0.15, 0.2) is 52.3 Å². The minimum absolute atomic E-state index is 0.0826. The molecular weight excluding hydrogens is 454 g/mol. The first-order valence-electron chi connectivity index (χ1n) is 10.0. The maximum Gasteiger partial charge on any atom is 0.269 e. The summed E-state index contributed by atoms with van der Waals surface area (Å²) in [6.07, 6.45) is 1.30. The normalized spacial score (nSPS) is 18.5. The van der Waals surface area contributed by atoms with Crippen molar-refractivity contribution in [3.8, 4) is 0 Å². The van der Waals surface area contributed by atoms with Crippen LogP contribution in [0.1, 0.15) is 52.1 Å². The van der Waals surface area contributed by atoms with E-state index in [4.69, 9.17) is 0 Å². The number of sulfonamides is 2. The number of nitrogens with zero attached hydrogens (tertiary/aromatic N) is 2. The van der Waals surface area contributed by atoms with Gasteiger partial charge in [0.2, 0.25) is 10.0 Å². The summed E-state index contributed by atoms with van der Waals surface area (Å²) in [6, 6.07) is 9.43. The zero-order valence-corrected chi connectivity index (χ0v) is 19.4. The lowest BCUT2D eigenvalue weighted by atomic mass is 10.1. The Morgan fingerprint density at radius 1 is 1.12 bits per heavy atom. The molecule has 1 saturated carbocycles. The van der Waals surface area contributed by atoms with Crippen LogP contribution in [0.5, 0.6) is 0 Å². The molecule has 11 heteroatoms. The van der Waals surface area contributed by atoms with Crippen LogP contribution in [0, 0.1) is 0 Å². The molecule has 0 radical (unpaired) electrons. The van der Waals surface area contributed by atoms with Crippen molar-refractivity contribution >= 4 is 31.9 Å². The topological polar surface area (TPSA) is 121 Å². The molecular formula is C21H23N3O6S2. The van der Waals surface area contributed by atoms with Gasteiger partial charge in [0.05, 0.1) is 16.5 Å². The maximum atomic E-state index is 12.8. The zero-order chi connectivity index (χ0) is 23.4. The monoisotopic (exact) mass is 477 g/mol. The van der Waals surface area contributed by atoms with Crippen LogP contribution >= 0.6 is 0 Å². The Morgan fingerprint density at radius 2 is 1.75 bits per heavy atom. The van der Waals surface area contributed by atoms with E-state index in [1.807, 2.05) is 0 Å². The molecule has 1 N–H and O–H groups in total. The van der Waals surface area contributed by atoms with Gasteiger partial charge < -0.3 is 5.32 Å². The fourth-order valence-electron chi connectivity index (χ4n) is 3.56. The minimum atomic E-state index is -3.95. The van der Waals surface area contributed by atoms with Gasteiger partial charge in [-0.25, -0.2) is 25.4 Å². The van der Waals surface area contributed by atoms with E-state index >= 15 is 0 Å². The van der Waals surface area contributed by atoms with E-state index < -0.39 is 37.9 Å². The van der Waals surface area contributed by atoms with Crippen molar-refractivity contribution in [2.75, 3.05) is 14.1 Å². The predicted molar refractivity (Wildman–Crippen MR) is 116 cm³/mol. The van der Waals surface area contributed by atoms with Crippen LogP contribution < -0.4 is 5.32 Å². The fraction of sp³-hybridized carbons (Fsp3) is 0.333. The molecule has 1 atom stereocenters. The molecule has 4 rings (SSSR count). The smallest absolute Gasteiger partial charge is 0.269 e. The Balaban J connectivity index is 1.53. The highest BCUT2D eigenvalue weighted by atomic mass is 32.2. The van der Waals surface area contributed by atoms with E-state index in [0.717, 1.165) is 8.61 Å². The van der Waals surface area contributed by atoms with Crippen molar-refractivity contribution in [3.63, 3.8) is 0 Å². The fourth-order valence-corrected chi connectivity index (χ4v) is 6.30. The lowest BCUT2D eigenvalue weighted by molar-refractivity contribution is 0.0863. The Morgan fingerprint density at radius 3 is 2.31 bits per heavy atom. The van der Waals surface area contributed by atoms with Crippen LogP contribution in [-0.2, 0) is 20.0 Å². The predicted octanol–water partition coefficient (Wildman–Crippen LogP) is 1.73. The number of hydrogen-bond acceptors (Lipinski definition) is 6. The highest BCUT2D eigenvalue weighted by Gasteiger charge is 2.48. The third-order valence-electron chi connectivity index (χ3n) is 5.60. The molecule has 1 aliphatic carbocycles. The van der Waals surface area contributed by atoms with Crippen LogP contribution in [0.3, 0.4) is 0 Å². The summed E-state index contributed by atoms with van der Waals surface area (Å²) in [7, 11) is -4.62. The third kappa shape index (κ3) is 3.70. The van der Waals surface area contributed by atoms with Gasteiger partial charge in [-0.05, 0) is 55.7 Å². The first-order valence-corrected chi connectivity index (χ1v) is 12.9. The summed E-state index contributed by atoms with van der Waals surface area (Å²) in [4.78, 5) is 25.2. The number of rotatable bonds is 6. The molecule has 2 aliphatic rings. The lowest BCUT2D eigenvalue weighted by Gasteiger charge is -2.16. The molecule has 9 nitrogen and oxygen atoms in total. The number of carbonyl (C=O) groups excluding carboxylic acids is 2.